The molecule has 3 unspecified atom stereocenters. The summed E-state index contributed by atoms with van der Waals surface area (Å²) in [6.07, 6.45) is 22.1. The third kappa shape index (κ3) is 14.4. The van der Waals surface area contributed by atoms with Gasteiger partial charge in [-0.2, -0.15) is 0 Å². The number of unbranched alkanes of at least 4 members (excludes halogenated alkanes) is 14. The van der Waals surface area contributed by atoms with Crippen LogP contribution < -0.4 is 0 Å². The van der Waals surface area contributed by atoms with Gasteiger partial charge in [-0.15, -0.1) is 0 Å². The van der Waals surface area contributed by atoms with Crippen molar-refractivity contribution in [2.24, 2.45) is 5.92 Å². The first-order valence-electron chi connectivity index (χ1n) is 14.6. The number of hydrogen-bond acceptors (Lipinski definition) is 4. The highest BCUT2D eigenvalue weighted by Gasteiger charge is 2.38. The first-order chi connectivity index (χ1) is 16.0. The number of cyclic esters (lactones) is 1. The molecule has 0 bridgehead atoms. The van der Waals surface area contributed by atoms with Gasteiger partial charge in [-0.1, -0.05) is 124 Å². The molecule has 1 aliphatic heterocycles. The zero-order valence-corrected chi connectivity index (χ0v) is 22.7. The van der Waals surface area contributed by atoms with Crippen LogP contribution in [0.1, 0.15) is 143 Å². The summed E-state index contributed by atoms with van der Waals surface area (Å²) in [5.74, 6) is 0.122. The fourth-order valence-corrected chi connectivity index (χ4v) is 5.21. The van der Waals surface area contributed by atoms with Crippen LogP contribution in [-0.4, -0.2) is 47.3 Å². The summed E-state index contributed by atoms with van der Waals surface area (Å²) in [5.41, 5.74) is 0. The average Bonchev–Trinajstić information content (AvgIpc) is 2.77. The van der Waals surface area contributed by atoms with Crippen LogP contribution in [0.2, 0.25) is 0 Å². The summed E-state index contributed by atoms with van der Waals surface area (Å²) in [6.45, 7) is 10.1. The monoisotopic (exact) mass is 467 g/mol. The van der Waals surface area contributed by atoms with Crippen molar-refractivity contribution in [3.8, 4) is 0 Å². The summed E-state index contributed by atoms with van der Waals surface area (Å²) < 4.78 is 5.82. The normalized spacial score (nSPS) is 20.4. The number of carbonyl (C=O) groups excluding carboxylic acids is 1. The van der Waals surface area contributed by atoms with Crippen molar-refractivity contribution >= 4 is 5.97 Å². The topological polar surface area (TPSA) is 49.8 Å². The molecule has 4 nitrogen and oxygen atoms in total. The van der Waals surface area contributed by atoms with Gasteiger partial charge in [0, 0.05) is 13.1 Å². The number of β-amino-alcohol motifs (C(OH)–C–C–N with tert-alkyl or cyclic N) is 1. The number of aliphatic hydroxyl groups excluding tert-OH is 1. The molecule has 1 saturated heterocycles. The van der Waals surface area contributed by atoms with Crippen molar-refractivity contribution in [2.75, 3.05) is 13.1 Å². The summed E-state index contributed by atoms with van der Waals surface area (Å²) in [5, 5.41) is 10.7. The Morgan fingerprint density at radius 2 is 1.30 bits per heavy atom. The summed E-state index contributed by atoms with van der Waals surface area (Å²) >= 11 is 0. The molecule has 0 radical (unpaired) electrons. The predicted molar refractivity (Wildman–Crippen MR) is 141 cm³/mol. The minimum absolute atomic E-state index is 0.0112. The molecule has 196 valence electrons. The Morgan fingerprint density at radius 3 is 1.82 bits per heavy atom. The van der Waals surface area contributed by atoms with Crippen molar-refractivity contribution in [2.45, 2.75) is 162 Å². The molecule has 3 atom stereocenters. The van der Waals surface area contributed by atoms with Gasteiger partial charge in [0.05, 0.1) is 6.10 Å². The van der Waals surface area contributed by atoms with Crippen LogP contribution in [0.3, 0.4) is 0 Å². The van der Waals surface area contributed by atoms with Crippen LogP contribution in [0.4, 0.5) is 0 Å². The van der Waals surface area contributed by atoms with Crippen LogP contribution >= 0.6 is 0 Å². The van der Waals surface area contributed by atoms with E-state index in [1.165, 1.54) is 89.9 Å². The maximum Gasteiger partial charge on any atom is 0.323 e. The lowest BCUT2D eigenvalue weighted by Gasteiger charge is -2.41. The van der Waals surface area contributed by atoms with Crippen LogP contribution in [0.5, 0.6) is 0 Å². The van der Waals surface area contributed by atoms with E-state index in [-0.39, 0.29) is 30.1 Å². The Morgan fingerprint density at radius 1 is 0.818 bits per heavy atom. The Kier molecular flexibility index (Phi) is 18.1. The van der Waals surface area contributed by atoms with Crippen LogP contribution in [0, 0.1) is 5.92 Å². The molecule has 0 aromatic heterocycles. The molecule has 0 amide bonds. The number of esters is 1. The molecular formula is C29H57NO3. The molecule has 0 aliphatic carbocycles. The zero-order chi connectivity index (χ0) is 24.3. The van der Waals surface area contributed by atoms with E-state index in [2.05, 4.69) is 32.6 Å². The lowest BCUT2D eigenvalue weighted by Crippen LogP contribution is -2.56. The number of ether oxygens (including phenoxy) is 1. The lowest BCUT2D eigenvalue weighted by molar-refractivity contribution is -0.170. The molecule has 0 saturated carbocycles. The van der Waals surface area contributed by atoms with E-state index >= 15 is 0 Å². The van der Waals surface area contributed by atoms with Crippen LogP contribution in [0.25, 0.3) is 0 Å². The summed E-state index contributed by atoms with van der Waals surface area (Å²) in [4.78, 5) is 15.0. The fourth-order valence-electron chi connectivity index (χ4n) is 5.21. The molecule has 1 aliphatic rings. The van der Waals surface area contributed by atoms with E-state index in [0.29, 0.717) is 6.54 Å². The molecule has 1 N–H and O–H groups in total. The Hall–Kier alpha value is -0.610. The Balaban J connectivity index is 2.31. The van der Waals surface area contributed by atoms with Gasteiger partial charge in [0.1, 0.15) is 12.1 Å². The maximum atomic E-state index is 12.7. The number of rotatable bonds is 21. The first kappa shape index (κ1) is 30.4. The van der Waals surface area contributed by atoms with Crippen molar-refractivity contribution in [3.05, 3.63) is 0 Å². The molecule has 4 heteroatoms. The number of hydrogen-bond donors (Lipinski definition) is 1. The molecule has 1 heterocycles. The lowest BCUT2D eigenvalue weighted by atomic mass is 9.97. The average molecular weight is 468 g/mol. The van der Waals surface area contributed by atoms with Crippen LogP contribution in [0.15, 0.2) is 0 Å². The largest absolute Gasteiger partial charge is 0.460 e. The van der Waals surface area contributed by atoms with Crippen molar-refractivity contribution < 1.29 is 14.6 Å². The van der Waals surface area contributed by atoms with Gasteiger partial charge in [-0.25, -0.2) is 0 Å². The SMILES string of the molecule is CCCCCCCCCCC(O)CN1CC(CCCCCCCCCC)OC(=O)C1C(C)C. The second-order valence-electron chi connectivity index (χ2n) is 10.9. The highest BCUT2D eigenvalue weighted by Crippen LogP contribution is 2.24. The summed E-state index contributed by atoms with van der Waals surface area (Å²) in [6, 6.07) is -0.215. The quantitative estimate of drug-likeness (QED) is 0.139. The Labute approximate surface area is 206 Å². The van der Waals surface area contributed by atoms with Gasteiger partial charge in [0.25, 0.3) is 0 Å². The molecular weight excluding hydrogens is 410 g/mol. The van der Waals surface area contributed by atoms with Crippen molar-refractivity contribution in [3.63, 3.8) is 0 Å². The van der Waals surface area contributed by atoms with Gasteiger partial charge in [-0.05, 0) is 25.2 Å². The highest BCUT2D eigenvalue weighted by molar-refractivity contribution is 5.77. The number of morpholine rings is 1. The number of nitrogens with zero attached hydrogens (tertiary/aromatic N) is 1. The van der Waals surface area contributed by atoms with E-state index in [4.69, 9.17) is 4.74 Å². The fraction of sp³-hybridized carbons (Fsp3) is 0.966. The van der Waals surface area contributed by atoms with Crippen LogP contribution in [-0.2, 0) is 9.53 Å². The van der Waals surface area contributed by atoms with E-state index in [9.17, 15) is 9.90 Å². The maximum absolute atomic E-state index is 12.7. The predicted octanol–water partition coefficient (Wildman–Crippen LogP) is 7.66. The van der Waals surface area contributed by atoms with Gasteiger partial charge in [0.2, 0.25) is 0 Å². The minimum atomic E-state index is -0.346. The standard InChI is InChI=1S/C29H57NO3/c1-5-7-9-11-13-15-17-19-21-26(31)23-30-24-27(33-29(32)28(30)25(3)4)22-20-18-16-14-12-10-8-6-2/h25-28,31H,5-24H2,1-4H3. The smallest absolute Gasteiger partial charge is 0.323 e. The van der Waals surface area contributed by atoms with Gasteiger partial charge >= 0.3 is 5.97 Å². The molecule has 1 fully saturated rings. The zero-order valence-electron chi connectivity index (χ0n) is 22.7. The number of aliphatic hydroxyl groups is 1. The van der Waals surface area contributed by atoms with E-state index in [0.717, 1.165) is 32.2 Å². The minimum Gasteiger partial charge on any atom is -0.460 e. The molecule has 0 aromatic carbocycles. The molecule has 1 rings (SSSR count). The van der Waals surface area contributed by atoms with E-state index < -0.39 is 0 Å². The first-order valence-corrected chi connectivity index (χ1v) is 14.6. The third-order valence-corrected chi connectivity index (χ3v) is 7.20. The third-order valence-electron chi connectivity index (χ3n) is 7.20. The van der Waals surface area contributed by atoms with Gasteiger partial charge < -0.3 is 9.84 Å². The molecule has 33 heavy (non-hydrogen) atoms. The molecule has 0 spiro atoms. The van der Waals surface area contributed by atoms with E-state index in [1.54, 1.807) is 0 Å². The highest BCUT2D eigenvalue weighted by atomic mass is 16.5. The van der Waals surface area contributed by atoms with E-state index in [1.807, 2.05) is 0 Å². The van der Waals surface area contributed by atoms with Crippen molar-refractivity contribution in [1.29, 1.82) is 0 Å². The second kappa shape index (κ2) is 19.7. The summed E-state index contributed by atoms with van der Waals surface area (Å²) in [7, 11) is 0. The number of carbonyl (C=O) groups is 1. The van der Waals surface area contributed by atoms with Gasteiger partial charge in [0.15, 0.2) is 0 Å². The van der Waals surface area contributed by atoms with Crippen molar-refractivity contribution in [1.82, 2.24) is 4.90 Å². The van der Waals surface area contributed by atoms with Gasteiger partial charge in [-0.3, -0.25) is 9.69 Å². The second-order valence-corrected chi connectivity index (χ2v) is 10.9. The molecule has 0 aromatic rings. The Bertz CT molecular complexity index is 466.